The molecule has 0 saturated heterocycles. The first-order chi connectivity index (χ1) is 15.0. The fourth-order valence-corrected chi connectivity index (χ4v) is 3.40. The Balaban J connectivity index is 1.84. The number of benzene rings is 3. The maximum Gasteiger partial charge on any atom is 0.279 e. The Bertz CT molecular complexity index is 1330. The van der Waals surface area contributed by atoms with Crippen LogP contribution in [0.3, 0.4) is 0 Å². The third-order valence-corrected chi connectivity index (χ3v) is 5.00. The van der Waals surface area contributed by atoms with Gasteiger partial charge in [0.2, 0.25) is 0 Å². The normalized spacial score (nSPS) is 10.7. The number of methoxy groups -OCH3 is 2. The smallest absolute Gasteiger partial charge is 0.279 e. The van der Waals surface area contributed by atoms with Crippen LogP contribution in [0.2, 0.25) is 0 Å². The third kappa shape index (κ3) is 3.73. The zero-order valence-electron chi connectivity index (χ0n) is 17.4. The molecule has 1 heterocycles. The molecule has 0 aliphatic carbocycles. The fourth-order valence-electron chi connectivity index (χ4n) is 3.40. The molecule has 4 aromatic rings. The highest BCUT2D eigenvalue weighted by Gasteiger charge is 2.19. The van der Waals surface area contributed by atoms with Gasteiger partial charge in [0.1, 0.15) is 0 Å². The number of carbonyl (C=O) groups is 1. The van der Waals surface area contributed by atoms with Crippen molar-refractivity contribution in [3.63, 3.8) is 0 Å². The Morgan fingerprint density at radius 2 is 1.52 bits per heavy atom. The van der Waals surface area contributed by atoms with E-state index in [9.17, 15) is 9.59 Å². The third-order valence-electron chi connectivity index (χ3n) is 5.00. The number of hydrogen-bond acceptors (Lipinski definition) is 5. The summed E-state index contributed by atoms with van der Waals surface area (Å²) in [6.07, 6.45) is 0. The summed E-state index contributed by atoms with van der Waals surface area (Å²) in [7, 11) is 3.09. The van der Waals surface area contributed by atoms with E-state index >= 15 is 0 Å². The maximum absolute atomic E-state index is 13.3. The van der Waals surface area contributed by atoms with Gasteiger partial charge in [0, 0.05) is 17.1 Å². The molecular formula is C24H21N3O4. The van der Waals surface area contributed by atoms with Crippen LogP contribution in [0.5, 0.6) is 11.5 Å². The van der Waals surface area contributed by atoms with Gasteiger partial charge in [-0.2, -0.15) is 9.78 Å². The molecule has 3 aromatic carbocycles. The van der Waals surface area contributed by atoms with E-state index in [1.165, 1.54) is 11.8 Å². The molecule has 7 heteroatoms. The number of aromatic nitrogens is 2. The van der Waals surface area contributed by atoms with Crippen molar-refractivity contribution >= 4 is 22.4 Å². The average Bonchev–Trinajstić information content (AvgIpc) is 2.81. The summed E-state index contributed by atoms with van der Waals surface area (Å²) in [5.41, 5.74) is 1.79. The molecule has 156 valence electrons. The van der Waals surface area contributed by atoms with Crippen LogP contribution in [0.4, 0.5) is 5.69 Å². The average molecular weight is 415 g/mol. The Morgan fingerprint density at radius 3 is 2.19 bits per heavy atom. The Morgan fingerprint density at radius 1 is 0.903 bits per heavy atom. The minimum atomic E-state index is -0.434. The Labute approximate surface area is 178 Å². The van der Waals surface area contributed by atoms with E-state index in [1.807, 2.05) is 25.1 Å². The molecule has 0 saturated carbocycles. The highest BCUT2D eigenvalue weighted by atomic mass is 16.5. The summed E-state index contributed by atoms with van der Waals surface area (Å²) in [6.45, 7) is 1.86. The second-order valence-electron chi connectivity index (χ2n) is 6.92. The standard InChI is InChI=1S/C24H21N3O4/c1-15-13-20(30-2)21(31-3)14-19(15)25-23(28)22-17-11-7-8-12-18(17)24(29)27(26-22)16-9-5-4-6-10-16/h4-14H,1-3H3,(H,25,28). The number of nitrogens with one attached hydrogen (secondary N) is 1. The zero-order chi connectivity index (χ0) is 22.0. The molecule has 0 atom stereocenters. The molecule has 7 nitrogen and oxygen atoms in total. The molecule has 0 bridgehead atoms. The Kier molecular flexibility index (Phi) is 5.41. The molecule has 1 N–H and O–H groups in total. The highest BCUT2D eigenvalue weighted by molar-refractivity contribution is 6.11. The van der Waals surface area contributed by atoms with E-state index < -0.39 is 5.91 Å². The van der Waals surface area contributed by atoms with Crippen LogP contribution in [-0.2, 0) is 0 Å². The van der Waals surface area contributed by atoms with Crippen molar-refractivity contribution in [2.45, 2.75) is 6.92 Å². The second-order valence-corrected chi connectivity index (χ2v) is 6.92. The number of para-hydroxylation sites is 1. The molecule has 31 heavy (non-hydrogen) atoms. The lowest BCUT2D eigenvalue weighted by atomic mass is 10.1. The number of nitrogens with zero attached hydrogens (tertiary/aromatic N) is 2. The van der Waals surface area contributed by atoms with Gasteiger partial charge in [-0.1, -0.05) is 36.4 Å². The van der Waals surface area contributed by atoms with Gasteiger partial charge in [-0.05, 0) is 36.8 Å². The minimum Gasteiger partial charge on any atom is -0.493 e. The Hall–Kier alpha value is -4.13. The molecule has 0 unspecified atom stereocenters. The predicted molar refractivity (Wildman–Crippen MR) is 120 cm³/mol. The van der Waals surface area contributed by atoms with Crippen LogP contribution in [0.1, 0.15) is 16.1 Å². The van der Waals surface area contributed by atoms with E-state index in [4.69, 9.17) is 9.47 Å². The lowest BCUT2D eigenvalue weighted by Gasteiger charge is -2.15. The van der Waals surface area contributed by atoms with Crippen LogP contribution < -0.4 is 20.3 Å². The first-order valence-corrected chi connectivity index (χ1v) is 9.65. The fraction of sp³-hybridized carbons (Fsp3) is 0.125. The summed E-state index contributed by atoms with van der Waals surface area (Å²) in [5, 5.41) is 8.19. The largest absolute Gasteiger partial charge is 0.493 e. The van der Waals surface area contributed by atoms with Crippen LogP contribution in [0, 0.1) is 6.92 Å². The molecule has 0 spiro atoms. The van der Waals surface area contributed by atoms with Crippen molar-refractivity contribution in [1.29, 1.82) is 0 Å². The number of ether oxygens (including phenoxy) is 2. The molecule has 0 aliphatic rings. The number of fused-ring (bicyclic) bond motifs is 1. The summed E-state index contributed by atoms with van der Waals surface area (Å²) < 4.78 is 11.9. The van der Waals surface area contributed by atoms with Crippen molar-refractivity contribution < 1.29 is 14.3 Å². The van der Waals surface area contributed by atoms with E-state index in [0.717, 1.165) is 5.56 Å². The maximum atomic E-state index is 13.3. The molecular weight excluding hydrogens is 394 g/mol. The van der Waals surface area contributed by atoms with Crippen molar-refractivity contribution in [1.82, 2.24) is 9.78 Å². The molecule has 4 rings (SSSR count). The van der Waals surface area contributed by atoms with Gasteiger partial charge in [0.15, 0.2) is 17.2 Å². The van der Waals surface area contributed by atoms with Gasteiger partial charge in [0.25, 0.3) is 11.5 Å². The molecule has 1 amide bonds. The summed E-state index contributed by atoms with van der Waals surface area (Å²) in [6, 6.07) is 19.4. The second kappa shape index (κ2) is 8.31. The van der Waals surface area contributed by atoms with Crippen LogP contribution in [0.25, 0.3) is 16.5 Å². The quantitative estimate of drug-likeness (QED) is 0.533. The van der Waals surface area contributed by atoms with Crippen molar-refractivity contribution in [3.8, 4) is 17.2 Å². The van der Waals surface area contributed by atoms with Gasteiger partial charge >= 0.3 is 0 Å². The summed E-state index contributed by atoms with van der Waals surface area (Å²) >= 11 is 0. The topological polar surface area (TPSA) is 82.5 Å². The van der Waals surface area contributed by atoms with E-state index in [0.29, 0.717) is 33.6 Å². The number of aryl methyl sites for hydroxylation is 1. The first-order valence-electron chi connectivity index (χ1n) is 9.65. The number of rotatable bonds is 5. The number of hydrogen-bond donors (Lipinski definition) is 1. The van der Waals surface area contributed by atoms with Gasteiger partial charge < -0.3 is 14.8 Å². The van der Waals surface area contributed by atoms with Crippen LogP contribution >= 0.6 is 0 Å². The molecule has 0 radical (unpaired) electrons. The van der Waals surface area contributed by atoms with Crippen LogP contribution in [0.15, 0.2) is 71.5 Å². The zero-order valence-corrected chi connectivity index (χ0v) is 17.4. The summed E-state index contributed by atoms with van der Waals surface area (Å²) in [5.74, 6) is 0.630. The SMILES string of the molecule is COc1cc(C)c(NC(=O)c2nn(-c3ccccc3)c(=O)c3ccccc23)cc1OC. The predicted octanol–water partition coefficient (Wildman–Crippen LogP) is 3.96. The monoisotopic (exact) mass is 415 g/mol. The van der Waals surface area contributed by atoms with Gasteiger partial charge in [-0.15, -0.1) is 0 Å². The molecule has 0 fully saturated rings. The number of carbonyl (C=O) groups excluding carboxylic acids is 1. The van der Waals surface area contributed by atoms with Crippen LogP contribution in [-0.4, -0.2) is 29.9 Å². The van der Waals surface area contributed by atoms with Crippen molar-refractivity contribution in [3.05, 3.63) is 88.3 Å². The van der Waals surface area contributed by atoms with Crippen molar-refractivity contribution in [2.24, 2.45) is 0 Å². The first kappa shape index (κ1) is 20.2. The van der Waals surface area contributed by atoms with Gasteiger partial charge in [-0.3, -0.25) is 9.59 Å². The van der Waals surface area contributed by atoms with E-state index in [1.54, 1.807) is 55.6 Å². The van der Waals surface area contributed by atoms with Gasteiger partial charge in [-0.25, -0.2) is 0 Å². The highest BCUT2D eigenvalue weighted by Crippen LogP contribution is 2.33. The van der Waals surface area contributed by atoms with Gasteiger partial charge in [0.05, 0.1) is 25.3 Å². The number of amides is 1. The van der Waals surface area contributed by atoms with E-state index in [2.05, 4.69) is 10.4 Å². The minimum absolute atomic E-state index is 0.147. The molecule has 0 aliphatic heterocycles. The lowest BCUT2D eigenvalue weighted by molar-refractivity contribution is 0.102. The summed E-state index contributed by atoms with van der Waals surface area (Å²) in [4.78, 5) is 26.3. The lowest BCUT2D eigenvalue weighted by Crippen LogP contribution is -2.26. The molecule has 1 aromatic heterocycles. The van der Waals surface area contributed by atoms with E-state index in [-0.39, 0.29) is 11.3 Å². The number of anilines is 1. The van der Waals surface area contributed by atoms with Crippen molar-refractivity contribution in [2.75, 3.05) is 19.5 Å².